The topological polar surface area (TPSA) is 70.3 Å². The normalized spacial score (nSPS) is 15.2. The van der Waals surface area contributed by atoms with Gasteiger partial charge in [-0.1, -0.05) is 0 Å². The second-order valence-electron chi connectivity index (χ2n) is 2.73. The minimum Gasteiger partial charge on any atom is -0.465 e. The number of aliphatic hydroxyl groups is 1. The minimum absolute atomic E-state index is 0.0286. The van der Waals surface area contributed by atoms with Crippen molar-refractivity contribution in [1.82, 2.24) is 0 Å². The quantitative estimate of drug-likeness (QED) is 0.724. The summed E-state index contributed by atoms with van der Waals surface area (Å²) >= 11 is 0. The van der Waals surface area contributed by atoms with Crippen LogP contribution in [0.5, 0.6) is 0 Å². The van der Waals surface area contributed by atoms with E-state index in [0.717, 1.165) is 0 Å². The summed E-state index contributed by atoms with van der Waals surface area (Å²) in [6.07, 6.45) is -8.52. The van der Waals surface area contributed by atoms with Crippen molar-refractivity contribution in [2.45, 2.75) is 25.6 Å². The summed E-state index contributed by atoms with van der Waals surface area (Å²) in [6.45, 7) is 1.44. The van der Waals surface area contributed by atoms with E-state index in [1.54, 1.807) is 0 Å². The van der Waals surface area contributed by atoms with Crippen LogP contribution >= 0.6 is 0 Å². The van der Waals surface area contributed by atoms with Gasteiger partial charge in [0.15, 0.2) is 6.10 Å². The molecule has 0 fully saturated rings. The van der Waals surface area contributed by atoms with Gasteiger partial charge in [-0.25, -0.2) is 0 Å². The monoisotopic (exact) mass is 225 g/mol. The highest BCUT2D eigenvalue weighted by molar-refractivity contribution is 5.75. The van der Waals surface area contributed by atoms with Gasteiger partial charge in [-0.3, -0.25) is 4.79 Å². The van der Waals surface area contributed by atoms with Crippen molar-refractivity contribution in [2.24, 2.45) is 5.92 Å². The first kappa shape index (κ1) is 13.7. The van der Waals surface area contributed by atoms with E-state index in [2.05, 4.69) is 4.74 Å². The molecule has 0 aliphatic carbocycles. The molecule has 0 aromatic rings. The second-order valence-corrected chi connectivity index (χ2v) is 2.73. The molecule has 2 atom stereocenters. The zero-order valence-electron chi connectivity index (χ0n) is 7.91. The molecule has 0 saturated carbocycles. The highest BCUT2D eigenvalue weighted by Crippen LogP contribution is 2.25. The smallest absolute Gasteiger partial charge is 0.414 e. The zero-order chi connectivity index (χ0) is 12.1. The number of carbonyl (C=O) groups is 1. The molecule has 1 N–H and O–H groups in total. The number of esters is 1. The largest absolute Gasteiger partial charge is 0.465 e. The molecule has 86 valence electrons. The fourth-order valence-corrected chi connectivity index (χ4v) is 0.801. The van der Waals surface area contributed by atoms with Gasteiger partial charge in [-0.05, 0) is 6.92 Å². The van der Waals surface area contributed by atoms with E-state index in [-0.39, 0.29) is 6.61 Å². The third kappa shape index (κ3) is 4.65. The van der Waals surface area contributed by atoms with Gasteiger partial charge in [0.05, 0.1) is 12.7 Å². The van der Waals surface area contributed by atoms with Gasteiger partial charge in [0, 0.05) is 6.42 Å². The molecule has 15 heavy (non-hydrogen) atoms. The van der Waals surface area contributed by atoms with Crippen LogP contribution in [0.3, 0.4) is 0 Å². The van der Waals surface area contributed by atoms with Crippen molar-refractivity contribution >= 4 is 5.97 Å². The lowest BCUT2D eigenvalue weighted by Crippen LogP contribution is -2.33. The molecule has 4 nitrogen and oxygen atoms in total. The first-order chi connectivity index (χ1) is 6.82. The van der Waals surface area contributed by atoms with Crippen LogP contribution in [0.2, 0.25) is 0 Å². The van der Waals surface area contributed by atoms with Crippen molar-refractivity contribution in [1.29, 1.82) is 5.26 Å². The molecule has 0 amide bonds. The summed E-state index contributed by atoms with van der Waals surface area (Å²) in [4.78, 5) is 10.9. The summed E-state index contributed by atoms with van der Waals surface area (Å²) in [5.41, 5.74) is 0. The molecule has 0 aromatic heterocycles. The van der Waals surface area contributed by atoms with Gasteiger partial charge < -0.3 is 9.84 Å². The molecule has 0 aliphatic heterocycles. The fraction of sp³-hybridized carbons (Fsp3) is 0.750. The SMILES string of the molecule is CCOC(=O)C(C#N)CC(O)C(F)(F)F. The third-order valence-corrected chi connectivity index (χ3v) is 1.56. The van der Waals surface area contributed by atoms with Gasteiger partial charge >= 0.3 is 12.1 Å². The Hall–Kier alpha value is -1.29. The van der Waals surface area contributed by atoms with Crippen molar-refractivity contribution in [3.63, 3.8) is 0 Å². The summed E-state index contributed by atoms with van der Waals surface area (Å²) < 4.78 is 40.0. The number of ether oxygens (including phenoxy) is 1. The summed E-state index contributed by atoms with van der Waals surface area (Å²) in [7, 11) is 0. The van der Waals surface area contributed by atoms with E-state index in [0.29, 0.717) is 0 Å². The third-order valence-electron chi connectivity index (χ3n) is 1.56. The van der Waals surface area contributed by atoms with Crippen molar-refractivity contribution in [2.75, 3.05) is 6.61 Å². The van der Waals surface area contributed by atoms with Gasteiger partial charge in [-0.15, -0.1) is 0 Å². The Morgan fingerprint density at radius 3 is 2.47 bits per heavy atom. The summed E-state index contributed by atoms with van der Waals surface area (Å²) in [6, 6.07) is 1.36. The predicted octanol–water partition coefficient (Wildman–Crippen LogP) is 1.00. The number of hydrogen-bond donors (Lipinski definition) is 1. The molecule has 0 radical (unpaired) electrons. The summed E-state index contributed by atoms with van der Waals surface area (Å²) in [5, 5.41) is 17.0. The molecule has 0 bridgehead atoms. The molecule has 0 spiro atoms. The Morgan fingerprint density at radius 2 is 2.13 bits per heavy atom. The first-order valence-corrected chi connectivity index (χ1v) is 4.14. The standard InChI is InChI=1S/C8H10F3NO3/c1-2-15-7(14)5(4-12)3-6(13)8(9,10)11/h5-6,13H,2-3H2,1H3. The highest BCUT2D eigenvalue weighted by Gasteiger charge is 2.41. The fourth-order valence-electron chi connectivity index (χ4n) is 0.801. The molecular weight excluding hydrogens is 215 g/mol. The van der Waals surface area contributed by atoms with Crippen LogP contribution in [0, 0.1) is 17.2 Å². The van der Waals surface area contributed by atoms with Gasteiger partial charge in [0.25, 0.3) is 0 Å². The lowest BCUT2D eigenvalue weighted by Gasteiger charge is -2.16. The van der Waals surface area contributed by atoms with Gasteiger partial charge in [-0.2, -0.15) is 18.4 Å². The Bertz CT molecular complexity index is 259. The molecule has 7 heteroatoms. The Balaban J connectivity index is 4.36. The Kier molecular flexibility index (Phi) is 5.08. The molecule has 0 aromatic carbocycles. The number of aliphatic hydroxyl groups excluding tert-OH is 1. The average Bonchev–Trinajstić information content (AvgIpc) is 2.12. The first-order valence-electron chi connectivity index (χ1n) is 4.14. The highest BCUT2D eigenvalue weighted by atomic mass is 19.4. The maximum Gasteiger partial charge on any atom is 0.414 e. The molecule has 0 rings (SSSR count). The van der Waals surface area contributed by atoms with Crippen LogP contribution in [0.15, 0.2) is 0 Å². The van der Waals surface area contributed by atoms with Crippen LogP contribution in [0.4, 0.5) is 13.2 Å². The van der Waals surface area contributed by atoms with Crippen LogP contribution in [-0.4, -0.2) is 30.0 Å². The number of nitrogens with zero attached hydrogens (tertiary/aromatic N) is 1. The van der Waals surface area contributed by atoms with E-state index in [9.17, 15) is 18.0 Å². The van der Waals surface area contributed by atoms with Crippen LogP contribution in [0.25, 0.3) is 0 Å². The van der Waals surface area contributed by atoms with Crippen LogP contribution in [-0.2, 0) is 9.53 Å². The number of carbonyl (C=O) groups excluding carboxylic acids is 1. The van der Waals surface area contributed by atoms with Crippen molar-refractivity contribution in [3.8, 4) is 6.07 Å². The predicted molar refractivity (Wildman–Crippen MR) is 42.4 cm³/mol. The average molecular weight is 225 g/mol. The van der Waals surface area contributed by atoms with Crippen molar-refractivity contribution in [3.05, 3.63) is 0 Å². The maximum absolute atomic E-state index is 11.9. The number of hydrogen-bond acceptors (Lipinski definition) is 4. The molecule has 0 saturated heterocycles. The lowest BCUT2D eigenvalue weighted by atomic mass is 10.0. The Labute approximate surface area is 84.3 Å². The summed E-state index contributed by atoms with van der Waals surface area (Å²) in [5.74, 6) is -2.65. The maximum atomic E-state index is 11.9. The van der Waals surface area contributed by atoms with Crippen LogP contribution < -0.4 is 0 Å². The van der Waals surface area contributed by atoms with Crippen LogP contribution in [0.1, 0.15) is 13.3 Å². The molecule has 0 heterocycles. The molecule has 0 aliphatic rings. The van der Waals surface area contributed by atoms with E-state index >= 15 is 0 Å². The minimum atomic E-state index is -4.83. The van der Waals surface area contributed by atoms with E-state index in [4.69, 9.17) is 10.4 Å². The second kappa shape index (κ2) is 5.56. The van der Waals surface area contributed by atoms with E-state index in [1.165, 1.54) is 13.0 Å². The number of halogens is 3. The van der Waals surface area contributed by atoms with Gasteiger partial charge in [0.2, 0.25) is 0 Å². The zero-order valence-corrected chi connectivity index (χ0v) is 7.91. The van der Waals surface area contributed by atoms with Gasteiger partial charge in [0.1, 0.15) is 5.92 Å². The number of rotatable bonds is 4. The molecular formula is C8H10F3NO3. The number of alkyl halides is 3. The lowest BCUT2D eigenvalue weighted by molar-refractivity contribution is -0.208. The van der Waals surface area contributed by atoms with Crippen molar-refractivity contribution < 1.29 is 27.8 Å². The Morgan fingerprint density at radius 1 is 1.60 bits per heavy atom. The number of nitriles is 1. The van der Waals surface area contributed by atoms with E-state index < -0.39 is 30.6 Å². The molecule has 2 unspecified atom stereocenters. The van der Waals surface area contributed by atoms with E-state index in [1.807, 2.05) is 0 Å².